The molecule has 5 nitrogen and oxygen atoms in total. The van der Waals surface area contributed by atoms with Crippen molar-refractivity contribution in [2.45, 2.75) is 38.3 Å². The number of rotatable bonds is 5. The summed E-state index contributed by atoms with van der Waals surface area (Å²) >= 11 is 0. The minimum Gasteiger partial charge on any atom is -0.480 e. The average molecular weight is 227 g/mol. The summed E-state index contributed by atoms with van der Waals surface area (Å²) in [6, 6.07) is -0.908. The van der Waals surface area contributed by atoms with Gasteiger partial charge in [-0.25, -0.2) is 4.79 Å². The number of hydrogen-bond acceptors (Lipinski definition) is 3. The van der Waals surface area contributed by atoms with Crippen molar-refractivity contribution < 1.29 is 19.4 Å². The maximum absolute atomic E-state index is 11.6. The van der Waals surface area contributed by atoms with Gasteiger partial charge in [-0.2, -0.15) is 0 Å². The molecule has 0 aromatic carbocycles. The van der Waals surface area contributed by atoms with Gasteiger partial charge in [0.1, 0.15) is 12.1 Å². The SMILES string of the molecule is C=C(C)C[C@@H](NC(=O)[C@@H]1CCCO1)C(=O)O. The smallest absolute Gasteiger partial charge is 0.326 e. The number of hydrogen-bond donors (Lipinski definition) is 2. The average Bonchev–Trinajstić information content (AvgIpc) is 2.68. The van der Waals surface area contributed by atoms with E-state index in [1.165, 1.54) is 0 Å². The Kier molecular flexibility index (Phi) is 4.49. The van der Waals surface area contributed by atoms with Crippen molar-refractivity contribution in [3.63, 3.8) is 0 Å². The van der Waals surface area contributed by atoms with Gasteiger partial charge in [0.05, 0.1) is 0 Å². The van der Waals surface area contributed by atoms with Gasteiger partial charge >= 0.3 is 5.97 Å². The normalized spacial score (nSPS) is 21.4. The number of nitrogens with one attached hydrogen (secondary N) is 1. The molecule has 0 unspecified atom stereocenters. The van der Waals surface area contributed by atoms with Gasteiger partial charge in [-0.15, -0.1) is 6.58 Å². The molecule has 1 heterocycles. The van der Waals surface area contributed by atoms with Crippen molar-refractivity contribution in [2.24, 2.45) is 0 Å². The number of carbonyl (C=O) groups is 2. The standard InChI is InChI=1S/C11H17NO4/c1-7(2)6-8(11(14)15)12-10(13)9-4-3-5-16-9/h8-9H,1,3-6H2,2H3,(H,12,13)(H,14,15)/t8-,9+/m1/s1. The maximum Gasteiger partial charge on any atom is 0.326 e. The predicted octanol–water partition coefficient (Wildman–Crippen LogP) is 0.701. The van der Waals surface area contributed by atoms with Crippen LogP contribution in [0.1, 0.15) is 26.2 Å². The molecule has 1 fully saturated rings. The summed E-state index contributed by atoms with van der Waals surface area (Å²) < 4.78 is 5.17. The number of carboxylic acids is 1. The van der Waals surface area contributed by atoms with Crippen molar-refractivity contribution in [1.29, 1.82) is 0 Å². The third kappa shape index (κ3) is 3.66. The molecule has 2 atom stereocenters. The van der Waals surface area contributed by atoms with Crippen molar-refractivity contribution in [2.75, 3.05) is 6.61 Å². The Hall–Kier alpha value is -1.36. The molecule has 0 saturated carbocycles. The first-order valence-corrected chi connectivity index (χ1v) is 5.30. The minimum absolute atomic E-state index is 0.244. The number of carbonyl (C=O) groups excluding carboxylic acids is 1. The highest BCUT2D eigenvalue weighted by Gasteiger charge is 2.27. The van der Waals surface area contributed by atoms with E-state index in [0.717, 1.165) is 12.0 Å². The first-order valence-electron chi connectivity index (χ1n) is 5.30. The Bertz CT molecular complexity index is 294. The molecule has 0 aromatic rings. The van der Waals surface area contributed by atoms with Crippen LogP contribution < -0.4 is 5.32 Å². The maximum atomic E-state index is 11.6. The lowest BCUT2D eigenvalue weighted by atomic mass is 10.1. The van der Waals surface area contributed by atoms with Gasteiger partial charge in [0.2, 0.25) is 5.91 Å². The first-order chi connectivity index (χ1) is 7.50. The van der Waals surface area contributed by atoms with Gasteiger partial charge < -0.3 is 15.2 Å². The third-order valence-corrected chi connectivity index (χ3v) is 2.39. The van der Waals surface area contributed by atoms with E-state index < -0.39 is 18.1 Å². The van der Waals surface area contributed by atoms with Crippen LogP contribution in [0, 0.1) is 0 Å². The third-order valence-electron chi connectivity index (χ3n) is 2.39. The van der Waals surface area contributed by atoms with Crippen molar-refractivity contribution in [1.82, 2.24) is 5.32 Å². The molecule has 2 N–H and O–H groups in total. The summed E-state index contributed by atoms with van der Waals surface area (Å²) in [6.45, 7) is 5.93. The molecule has 1 rings (SSSR count). The second-order valence-electron chi connectivity index (χ2n) is 4.06. The summed E-state index contributed by atoms with van der Waals surface area (Å²) in [5, 5.41) is 11.4. The highest BCUT2D eigenvalue weighted by Crippen LogP contribution is 2.12. The Labute approximate surface area is 94.5 Å². The first kappa shape index (κ1) is 12.7. The molecule has 5 heteroatoms. The van der Waals surface area contributed by atoms with Gasteiger partial charge in [0.15, 0.2) is 0 Å². The molecule has 0 aromatic heterocycles. The van der Waals surface area contributed by atoms with Crippen molar-refractivity contribution in [3.8, 4) is 0 Å². The second-order valence-corrected chi connectivity index (χ2v) is 4.06. The van der Waals surface area contributed by atoms with E-state index in [1.54, 1.807) is 6.92 Å². The fourth-order valence-electron chi connectivity index (χ4n) is 1.60. The Balaban J connectivity index is 2.50. The lowest BCUT2D eigenvalue weighted by Gasteiger charge is -2.17. The van der Waals surface area contributed by atoms with E-state index >= 15 is 0 Å². The topological polar surface area (TPSA) is 75.6 Å². The van der Waals surface area contributed by atoms with Gasteiger partial charge in [0, 0.05) is 6.61 Å². The van der Waals surface area contributed by atoms with Crippen molar-refractivity contribution >= 4 is 11.9 Å². The molecule has 1 aliphatic heterocycles. The molecule has 0 spiro atoms. The lowest BCUT2D eigenvalue weighted by Crippen LogP contribution is -2.45. The van der Waals surface area contributed by atoms with Crippen LogP contribution in [0.2, 0.25) is 0 Å². The zero-order chi connectivity index (χ0) is 12.1. The highest BCUT2D eigenvalue weighted by molar-refractivity contribution is 5.86. The summed E-state index contributed by atoms with van der Waals surface area (Å²) in [7, 11) is 0. The fourth-order valence-corrected chi connectivity index (χ4v) is 1.60. The number of carboxylic acid groups (broad SMARTS) is 1. The van der Waals surface area contributed by atoms with E-state index in [0.29, 0.717) is 13.0 Å². The Morgan fingerprint density at radius 1 is 1.62 bits per heavy atom. The van der Waals surface area contributed by atoms with Crippen LogP contribution in [0.3, 0.4) is 0 Å². The number of amides is 1. The van der Waals surface area contributed by atoms with Crippen LogP contribution in [0.4, 0.5) is 0 Å². The Morgan fingerprint density at radius 3 is 2.75 bits per heavy atom. The zero-order valence-electron chi connectivity index (χ0n) is 9.36. The van der Waals surface area contributed by atoms with E-state index in [-0.39, 0.29) is 12.3 Å². The molecule has 0 aliphatic carbocycles. The summed E-state index contributed by atoms with van der Waals surface area (Å²) in [6.07, 6.45) is 1.25. The molecular formula is C11H17NO4. The summed E-state index contributed by atoms with van der Waals surface area (Å²) in [5.74, 6) is -1.39. The van der Waals surface area contributed by atoms with Crippen LogP contribution in [-0.4, -0.2) is 35.7 Å². The quantitative estimate of drug-likeness (QED) is 0.678. The van der Waals surface area contributed by atoms with E-state index in [4.69, 9.17) is 9.84 Å². The Morgan fingerprint density at radius 2 is 2.31 bits per heavy atom. The van der Waals surface area contributed by atoms with Crippen LogP contribution >= 0.6 is 0 Å². The fraction of sp³-hybridized carbons (Fsp3) is 0.636. The van der Waals surface area contributed by atoms with E-state index in [1.807, 2.05) is 0 Å². The number of aliphatic carboxylic acids is 1. The van der Waals surface area contributed by atoms with Crippen LogP contribution in [0.15, 0.2) is 12.2 Å². The van der Waals surface area contributed by atoms with Gasteiger partial charge in [0.25, 0.3) is 0 Å². The van der Waals surface area contributed by atoms with E-state index in [2.05, 4.69) is 11.9 Å². The van der Waals surface area contributed by atoms with E-state index in [9.17, 15) is 9.59 Å². The molecule has 90 valence electrons. The molecule has 1 aliphatic rings. The summed E-state index contributed by atoms with van der Waals surface area (Å²) in [5.41, 5.74) is 0.722. The minimum atomic E-state index is -1.05. The molecule has 16 heavy (non-hydrogen) atoms. The predicted molar refractivity (Wildman–Crippen MR) is 58.0 cm³/mol. The molecule has 1 amide bonds. The van der Waals surface area contributed by atoms with Gasteiger partial charge in [-0.1, -0.05) is 5.57 Å². The second kappa shape index (κ2) is 5.65. The lowest BCUT2D eigenvalue weighted by molar-refractivity contribution is -0.143. The van der Waals surface area contributed by atoms with Gasteiger partial charge in [-0.05, 0) is 26.2 Å². The van der Waals surface area contributed by atoms with Crippen LogP contribution in [-0.2, 0) is 14.3 Å². The summed E-state index contributed by atoms with van der Waals surface area (Å²) in [4.78, 5) is 22.5. The molecule has 0 radical (unpaired) electrons. The van der Waals surface area contributed by atoms with Crippen molar-refractivity contribution in [3.05, 3.63) is 12.2 Å². The zero-order valence-corrected chi connectivity index (χ0v) is 9.36. The molecular weight excluding hydrogens is 210 g/mol. The largest absolute Gasteiger partial charge is 0.480 e. The van der Waals surface area contributed by atoms with Crippen LogP contribution in [0.5, 0.6) is 0 Å². The number of ether oxygens (including phenoxy) is 1. The monoisotopic (exact) mass is 227 g/mol. The highest BCUT2D eigenvalue weighted by atomic mass is 16.5. The molecule has 0 bridgehead atoms. The van der Waals surface area contributed by atoms with Crippen LogP contribution in [0.25, 0.3) is 0 Å². The van der Waals surface area contributed by atoms with Gasteiger partial charge in [-0.3, -0.25) is 4.79 Å². The molecule has 1 saturated heterocycles.